The van der Waals surface area contributed by atoms with Crippen molar-refractivity contribution in [2.75, 3.05) is 13.2 Å². The van der Waals surface area contributed by atoms with Crippen LogP contribution in [0.1, 0.15) is 34.6 Å². The summed E-state index contributed by atoms with van der Waals surface area (Å²) in [5.74, 6) is -2.95. The molecule has 1 aromatic rings. The van der Waals surface area contributed by atoms with Crippen LogP contribution in [0, 0.1) is 0 Å². The molecule has 1 atom stereocenters. The van der Waals surface area contributed by atoms with Crippen LogP contribution in [0.5, 0.6) is 5.75 Å². The third kappa shape index (κ3) is 3.93. The fourth-order valence-electron chi connectivity index (χ4n) is 1.96. The third-order valence-electron chi connectivity index (χ3n) is 2.90. The zero-order valence-corrected chi connectivity index (χ0v) is 11.7. The van der Waals surface area contributed by atoms with E-state index < -0.39 is 17.7 Å². The van der Waals surface area contributed by atoms with Gasteiger partial charge < -0.3 is 24.4 Å². The highest BCUT2D eigenvalue weighted by atomic mass is 16.7. The fraction of sp³-hybridized carbons (Fsp3) is 0.429. The summed E-state index contributed by atoms with van der Waals surface area (Å²) in [7, 11) is 0. The summed E-state index contributed by atoms with van der Waals surface area (Å²) < 4.78 is 16.4. The molecular weight excluding hydrogens is 280 g/mol. The zero-order chi connectivity index (χ0) is 15.6. The van der Waals surface area contributed by atoms with Gasteiger partial charge in [0.15, 0.2) is 5.79 Å². The quantitative estimate of drug-likeness (QED) is 0.851. The molecule has 1 aliphatic heterocycles. The Balaban J connectivity index is 2.09. The van der Waals surface area contributed by atoms with E-state index in [0.717, 1.165) is 6.07 Å². The average molecular weight is 296 g/mol. The van der Waals surface area contributed by atoms with Crippen molar-refractivity contribution in [1.82, 2.24) is 0 Å². The maximum atomic E-state index is 11.0. The minimum Gasteiger partial charge on any atom is -0.491 e. The number of benzene rings is 1. The van der Waals surface area contributed by atoms with Gasteiger partial charge in [0.25, 0.3) is 0 Å². The van der Waals surface area contributed by atoms with E-state index in [4.69, 9.17) is 24.4 Å². The molecule has 0 bridgehead atoms. The van der Waals surface area contributed by atoms with Crippen molar-refractivity contribution in [1.29, 1.82) is 0 Å². The second-order valence-electron chi connectivity index (χ2n) is 5.12. The summed E-state index contributed by atoms with van der Waals surface area (Å²) in [6.07, 6.45) is -0.290. The van der Waals surface area contributed by atoms with E-state index in [-0.39, 0.29) is 29.6 Å². The highest BCUT2D eigenvalue weighted by molar-refractivity contribution is 5.94. The highest BCUT2D eigenvalue weighted by Crippen LogP contribution is 2.24. The monoisotopic (exact) mass is 296 g/mol. The lowest BCUT2D eigenvalue weighted by atomic mass is 10.1. The molecule has 0 saturated carbocycles. The summed E-state index contributed by atoms with van der Waals surface area (Å²) in [6, 6.07) is 3.63. The molecule has 0 amide bonds. The van der Waals surface area contributed by atoms with Crippen LogP contribution in [0.2, 0.25) is 0 Å². The number of aromatic carboxylic acids is 2. The summed E-state index contributed by atoms with van der Waals surface area (Å²) in [5.41, 5.74) is -0.289. The average Bonchev–Trinajstić information content (AvgIpc) is 2.75. The smallest absolute Gasteiger partial charge is 0.335 e. The van der Waals surface area contributed by atoms with Gasteiger partial charge in [0.2, 0.25) is 0 Å². The standard InChI is InChI=1S/C14H16O7/c1-14(2)20-7-11(21-14)6-19-10-4-8(12(15)16)3-9(5-10)13(17)18/h3-5,11H,6-7H2,1-2H3,(H,15,16)(H,17,18). The van der Waals surface area contributed by atoms with E-state index in [0.29, 0.717) is 6.61 Å². The van der Waals surface area contributed by atoms with Crippen LogP contribution in [0.25, 0.3) is 0 Å². The van der Waals surface area contributed by atoms with Crippen molar-refractivity contribution in [2.24, 2.45) is 0 Å². The molecule has 2 rings (SSSR count). The van der Waals surface area contributed by atoms with Gasteiger partial charge in [-0.2, -0.15) is 0 Å². The topological polar surface area (TPSA) is 102 Å². The van der Waals surface area contributed by atoms with Crippen LogP contribution in [0.4, 0.5) is 0 Å². The van der Waals surface area contributed by atoms with Crippen molar-refractivity contribution in [3.63, 3.8) is 0 Å². The van der Waals surface area contributed by atoms with E-state index in [1.54, 1.807) is 13.8 Å². The fourth-order valence-corrected chi connectivity index (χ4v) is 1.96. The van der Waals surface area contributed by atoms with E-state index in [1.807, 2.05) is 0 Å². The van der Waals surface area contributed by atoms with E-state index in [9.17, 15) is 9.59 Å². The summed E-state index contributed by atoms with van der Waals surface area (Å²) in [6.45, 7) is 4.06. The minimum absolute atomic E-state index is 0.144. The lowest BCUT2D eigenvalue weighted by molar-refractivity contribution is -0.141. The van der Waals surface area contributed by atoms with Crippen LogP contribution in [-0.4, -0.2) is 47.3 Å². The predicted octanol–water partition coefficient (Wildman–Crippen LogP) is 1.61. The van der Waals surface area contributed by atoms with Crippen molar-refractivity contribution in [3.05, 3.63) is 29.3 Å². The number of rotatable bonds is 5. The first-order valence-electron chi connectivity index (χ1n) is 6.33. The number of ether oxygens (including phenoxy) is 3. The maximum absolute atomic E-state index is 11.0. The van der Waals surface area contributed by atoms with E-state index in [2.05, 4.69) is 0 Å². The van der Waals surface area contributed by atoms with Crippen molar-refractivity contribution in [3.8, 4) is 5.75 Å². The Bertz CT molecular complexity index is 532. The molecule has 1 heterocycles. The zero-order valence-electron chi connectivity index (χ0n) is 11.7. The summed E-state index contributed by atoms with van der Waals surface area (Å²) in [4.78, 5) is 22.0. The van der Waals surface area contributed by atoms with E-state index >= 15 is 0 Å². The number of carboxylic acids is 2. The Labute approximate surface area is 121 Å². The Kier molecular flexibility index (Phi) is 4.15. The number of hydrogen-bond donors (Lipinski definition) is 2. The van der Waals surface area contributed by atoms with Gasteiger partial charge in [-0.15, -0.1) is 0 Å². The van der Waals surface area contributed by atoms with Crippen molar-refractivity contribution >= 4 is 11.9 Å². The highest BCUT2D eigenvalue weighted by Gasteiger charge is 2.33. The molecule has 0 radical (unpaired) electrons. The molecule has 114 valence electrons. The van der Waals surface area contributed by atoms with Gasteiger partial charge in [0.1, 0.15) is 18.5 Å². The van der Waals surface area contributed by atoms with Gasteiger partial charge in [-0.3, -0.25) is 0 Å². The first kappa shape index (κ1) is 15.3. The van der Waals surface area contributed by atoms with Gasteiger partial charge in [-0.1, -0.05) is 0 Å². The normalized spacial score (nSPS) is 20.2. The molecule has 2 N–H and O–H groups in total. The lowest BCUT2D eigenvalue weighted by Crippen LogP contribution is -2.25. The van der Waals surface area contributed by atoms with Crippen LogP contribution < -0.4 is 4.74 Å². The number of carbonyl (C=O) groups is 2. The van der Waals surface area contributed by atoms with Gasteiger partial charge in [-0.05, 0) is 32.0 Å². The molecular formula is C14H16O7. The van der Waals surface area contributed by atoms with Crippen LogP contribution >= 0.6 is 0 Å². The molecule has 0 spiro atoms. The largest absolute Gasteiger partial charge is 0.491 e. The Hall–Kier alpha value is -2.12. The second-order valence-corrected chi connectivity index (χ2v) is 5.12. The van der Waals surface area contributed by atoms with Gasteiger partial charge in [-0.25, -0.2) is 9.59 Å². The van der Waals surface area contributed by atoms with Crippen LogP contribution in [0.3, 0.4) is 0 Å². The Morgan fingerprint density at radius 3 is 2.24 bits per heavy atom. The van der Waals surface area contributed by atoms with Gasteiger partial charge in [0.05, 0.1) is 17.7 Å². The second kappa shape index (κ2) is 5.71. The number of carboxylic acid groups (broad SMARTS) is 2. The molecule has 0 aromatic heterocycles. The van der Waals surface area contributed by atoms with Gasteiger partial charge in [0, 0.05) is 0 Å². The predicted molar refractivity (Wildman–Crippen MR) is 70.8 cm³/mol. The Morgan fingerprint density at radius 2 is 1.81 bits per heavy atom. The van der Waals surface area contributed by atoms with Crippen molar-refractivity contribution < 1.29 is 34.0 Å². The van der Waals surface area contributed by atoms with E-state index in [1.165, 1.54) is 12.1 Å². The minimum atomic E-state index is -1.22. The first-order chi connectivity index (χ1) is 9.77. The molecule has 7 nitrogen and oxygen atoms in total. The maximum Gasteiger partial charge on any atom is 0.335 e. The SMILES string of the molecule is CC1(C)OCC(COc2cc(C(=O)O)cc(C(=O)O)c2)O1. The Morgan fingerprint density at radius 1 is 1.24 bits per heavy atom. The van der Waals surface area contributed by atoms with Crippen LogP contribution in [-0.2, 0) is 9.47 Å². The van der Waals surface area contributed by atoms with Crippen LogP contribution in [0.15, 0.2) is 18.2 Å². The molecule has 1 aliphatic rings. The summed E-state index contributed by atoms with van der Waals surface area (Å²) >= 11 is 0. The van der Waals surface area contributed by atoms with Crippen molar-refractivity contribution in [2.45, 2.75) is 25.7 Å². The first-order valence-corrected chi connectivity index (χ1v) is 6.33. The molecule has 1 saturated heterocycles. The molecule has 1 fully saturated rings. The number of hydrogen-bond acceptors (Lipinski definition) is 5. The lowest BCUT2D eigenvalue weighted by Gasteiger charge is -2.17. The third-order valence-corrected chi connectivity index (χ3v) is 2.90. The molecule has 7 heteroatoms. The van der Waals surface area contributed by atoms with Gasteiger partial charge >= 0.3 is 11.9 Å². The molecule has 1 aromatic carbocycles. The summed E-state index contributed by atoms with van der Waals surface area (Å²) in [5, 5.41) is 17.9. The molecule has 21 heavy (non-hydrogen) atoms. The molecule has 0 aliphatic carbocycles. The molecule has 1 unspecified atom stereocenters.